The molecule has 0 aliphatic heterocycles. The molecular weight excluding hydrogens is 168 g/mol. The van der Waals surface area contributed by atoms with Gasteiger partial charge in [-0.05, 0) is 27.0 Å². The maximum atomic E-state index is 4.50. The van der Waals surface area contributed by atoms with Crippen molar-refractivity contribution in [1.29, 1.82) is 0 Å². The quantitative estimate of drug-likeness (QED) is 0.556. The Balaban J connectivity index is -0.0000000147. The monoisotopic (exact) mass is 186 g/mol. The minimum Gasteiger partial charge on any atom is -0.333 e. The Hall–Kier alpha value is 0.400. The molecule has 0 aliphatic rings. The van der Waals surface area contributed by atoms with Crippen molar-refractivity contribution in [2.45, 2.75) is 7.43 Å². The standard InChI is InChI=1S/C2H7N.CH3Br.CH5N.CH4/c1-3-2;2*1-2;/h3H,1-2H3;1H3;2H2,1H3;1H4. The molecule has 0 spiro atoms. The Morgan fingerprint density at radius 2 is 1.12 bits per heavy atom. The van der Waals surface area contributed by atoms with E-state index in [1.807, 2.05) is 19.9 Å². The molecule has 0 radical (unpaired) electrons. The largest absolute Gasteiger partial charge is 0.333 e. The van der Waals surface area contributed by atoms with Crippen molar-refractivity contribution in [1.82, 2.24) is 5.32 Å². The Kier molecular flexibility index (Phi) is 459. The third-order valence-corrected chi connectivity index (χ3v) is 0. The van der Waals surface area contributed by atoms with E-state index in [1.54, 1.807) is 0 Å². The van der Waals surface area contributed by atoms with E-state index in [9.17, 15) is 0 Å². The van der Waals surface area contributed by atoms with Crippen LogP contribution in [0.5, 0.6) is 0 Å². The van der Waals surface area contributed by atoms with Gasteiger partial charge in [-0.2, -0.15) is 0 Å². The molecule has 0 aromatic heterocycles. The molecule has 2 nitrogen and oxygen atoms in total. The number of hydrogen-bond donors (Lipinski definition) is 2. The number of alkyl halides is 1. The molecule has 0 heterocycles. The van der Waals surface area contributed by atoms with Gasteiger partial charge in [-0.3, -0.25) is 0 Å². The Morgan fingerprint density at radius 1 is 1.12 bits per heavy atom. The van der Waals surface area contributed by atoms with Gasteiger partial charge in [0.2, 0.25) is 0 Å². The highest BCUT2D eigenvalue weighted by Gasteiger charge is 1.25. The van der Waals surface area contributed by atoms with Crippen LogP contribution < -0.4 is 11.1 Å². The summed E-state index contributed by atoms with van der Waals surface area (Å²) in [6.07, 6.45) is 0. The molecule has 0 saturated heterocycles. The minimum atomic E-state index is 0. The van der Waals surface area contributed by atoms with Crippen LogP contribution in [0, 0.1) is 0 Å². The summed E-state index contributed by atoms with van der Waals surface area (Å²) < 4.78 is 0. The van der Waals surface area contributed by atoms with E-state index in [0.29, 0.717) is 0 Å². The summed E-state index contributed by atoms with van der Waals surface area (Å²) in [5.74, 6) is 1.81. The van der Waals surface area contributed by atoms with Crippen LogP contribution in [-0.4, -0.2) is 27.0 Å². The molecule has 3 N–H and O–H groups in total. The molecule has 0 aromatic carbocycles. The number of halogens is 1. The van der Waals surface area contributed by atoms with E-state index in [4.69, 9.17) is 0 Å². The first-order valence-electron chi connectivity index (χ1n) is 1.96. The molecule has 56 valence electrons. The molecule has 0 fully saturated rings. The molecular formula is C5H19BrN2. The molecule has 0 bridgehead atoms. The van der Waals surface area contributed by atoms with E-state index in [-0.39, 0.29) is 7.43 Å². The fourth-order valence-electron chi connectivity index (χ4n) is 0. The van der Waals surface area contributed by atoms with Crippen molar-refractivity contribution in [3.63, 3.8) is 0 Å². The predicted octanol–water partition coefficient (Wildman–Crippen LogP) is 1.06. The van der Waals surface area contributed by atoms with Crippen LogP contribution in [0.15, 0.2) is 0 Å². The summed E-state index contributed by atoms with van der Waals surface area (Å²) in [6, 6.07) is 0. The summed E-state index contributed by atoms with van der Waals surface area (Å²) in [4.78, 5) is 0. The summed E-state index contributed by atoms with van der Waals surface area (Å²) >= 11 is 2.94. The molecule has 0 rings (SSSR count). The Morgan fingerprint density at radius 3 is 1.12 bits per heavy atom. The molecule has 0 unspecified atom stereocenters. The zero-order chi connectivity index (χ0) is 6.71. The van der Waals surface area contributed by atoms with Gasteiger partial charge in [-0.1, -0.05) is 23.4 Å². The predicted molar refractivity (Wildman–Crippen MR) is 46.7 cm³/mol. The zero-order valence-electron chi connectivity index (χ0n) is 5.46. The van der Waals surface area contributed by atoms with Crippen LogP contribution in [0.25, 0.3) is 0 Å². The molecule has 0 amide bonds. The van der Waals surface area contributed by atoms with E-state index in [2.05, 4.69) is 27.0 Å². The van der Waals surface area contributed by atoms with Gasteiger partial charge < -0.3 is 11.1 Å². The normalized spacial score (nSPS) is 3.75. The first-order valence-corrected chi connectivity index (χ1v) is 3.54. The molecule has 3 heteroatoms. The van der Waals surface area contributed by atoms with Crippen LogP contribution >= 0.6 is 15.9 Å². The molecule has 0 aliphatic carbocycles. The van der Waals surface area contributed by atoms with E-state index in [0.717, 1.165) is 0 Å². The van der Waals surface area contributed by atoms with Crippen molar-refractivity contribution >= 4 is 15.9 Å². The van der Waals surface area contributed by atoms with Gasteiger partial charge in [-0.15, -0.1) is 0 Å². The van der Waals surface area contributed by atoms with Gasteiger partial charge in [0.25, 0.3) is 0 Å². The van der Waals surface area contributed by atoms with Crippen molar-refractivity contribution in [3.05, 3.63) is 0 Å². The van der Waals surface area contributed by atoms with Crippen LogP contribution in [0.2, 0.25) is 0 Å². The maximum absolute atomic E-state index is 4.50. The summed E-state index contributed by atoms with van der Waals surface area (Å²) in [7, 11) is 5.25. The fraction of sp³-hybridized carbons (Fsp3) is 1.00. The number of hydrogen-bond acceptors (Lipinski definition) is 2. The smallest absolute Gasteiger partial charge is 0.00848 e. The second-order valence-corrected chi connectivity index (χ2v) is 0.500. The van der Waals surface area contributed by atoms with Crippen molar-refractivity contribution in [3.8, 4) is 0 Å². The van der Waals surface area contributed by atoms with Crippen LogP contribution in [0.1, 0.15) is 7.43 Å². The molecule has 8 heavy (non-hydrogen) atoms. The molecule has 0 atom stereocenters. The lowest BCUT2D eigenvalue weighted by Gasteiger charge is -1.59. The Labute approximate surface area is 62.0 Å². The second-order valence-electron chi connectivity index (χ2n) is 0.500. The third kappa shape index (κ3) is 1170. The summed E-state index contributed by atoms with van der Waals surface area (Å²) in [5.41, 5.74) is 4.50. The van der Waals surface area contributed by atoms with Crippen molar-refractivity contribution in [2.75, 3.05) is 27.0 Å². The van der Waals surface area contributed by atoms with Gasteiger partial charge >= 0.3 is 0 Å². The highest BCUT2D eigenvalue weighted by atomic mass is 79.9. The van der Waals surface area contributed by atoms with E-state index >= 15 is 0 Å². The van der Waals surface area contributed by atoms with E-state index in [1.165, 1.54) is 7.05 Å². The van der Waals surface area contributed by atoms with E-state index < -0.39 is 0 Å². The highest BCUT2D eigenvalue weighted by Crippen LogP contribution is 1.45. The maximum Gasteiger partial charge on any atom is -0.00848 e. The lowest BCUT2D eigenvalue weighted by atomic mass is 11.3. The van der Waals surface area contributed by atoms with Gasteiger partial charge in [0.1, 0.15) is 0 Å². The first-order chi connectivity index (χ1) is 3.41. The molecule has 0 saturated carbocycles. The van der Waals surface area contributed by atoms with Gasteiger partial charge in [0.05, 0.1) is 0 Å². The van der Waals surface area contributed by atoms with Gasteiger partial charge in [-0.25, -0.2) is 0 Å². The zero-order valence-corrected chi connectivity index (χ0v) is 7.04. The van der Waals surface area contributed by atoms with Crippen LogP contribution in [0.3, 0.4) is 0 Å². The highest BCUT2D eigenvalue weighted by molar-refractivity contribution is 9.08. The molecule has 0 aromatic rings. The lowest BCUT2D eigenvalue weighted by Crippen LogP contribution is -1.89. The van der Waals surface area contributed by atoms with Crippen LogP contribution in [-0.2, 0) is 0 Å². The Bertz CT molecular complexity index is 10.4. The van der Waals surface area contributed by atoms with Crippen LogP contribution in [0.4, 0.5) is 0 Å². The van der Waals surface area contributed by atoms with Gasteiger partial charge in [0.15, 0.2) is 0 Å². The average Bonchev–Trinajstić information content (AvgIpc) is 1.78. The lowest BCUT2D eigenvalue weighted by molar-refractivity contribution is 1.02. The minimum absolute atomic E-state index is 0. The van der Waals surface area contributed by atoms with Crippen molar-refractivity contribution in [2.24, 2.45) is 5.73 Å². The average molecular weight is 187 g/mol. The fourth-order valence-corrected chi connectivity index (χ4v) is 0. The van der Waals surface area contributed by atoms with Gasteiger partial charge in [0, 0.05) is 0 Å². The number of nitrogens with one attached hydrogen (secondary N) is 1. The summed E-state index contributed by atoms with van der Waals surface area (Å²) in [5, 5.41) is 2.75. The topological polar surface area (TPSA) is 38.0 Å². The first kappa shape index (κ1) is 23.8. The number of rotatable bonds is 0. The SMILES string of the molecule is C.CBr.CN.CNC. The summed E-state index contributed by atoms with van der Waals surface area (Å²) in [6.45, 7) is 0. The number of nitrogens with two attached hydrogens (primary N) is 1. The third-order valence-electron chi connectivity index (χ3n) is 0. The van der Waals surface area contributed by atoms with Crippen molar-refractivity contribution < 1.29 is 0 Å². The second kappa shape index (κ2) is 155.